The molecule has 3 heterocycles. The second-order valence-corrected chi connectivity index (χ2v) is 4.61. The second kappa shape index (κ2) is 4.44. The molecule has 0 aliphatic carbocycles. The Hall–Kier alpha value is -2.70. The van der Waals surface area contributed by atoms with Gasteiger partial charge in [0.15, 0.2) is 5.65 Å². The molecule has 3 rings (SSSR count). The minimum Gasteiger partial charge on any atom is -0.478 e. The quantitative estimate of drug-likeness (QED) is 0.778. The molecule has 102 valence electrons. The van der Waals surface area contributed by atoms with Crippen LogP contribution in [-0.4, -0.2) is 32.3 Å². The third-order valence-corrected chi connectivity index (χ3v) is 3.39. The summed E-state index contributed by atoms with van der Waals surface area (Å²) < 4.78 is 1.59. The fourth-order valence-corrected chi connectivity index (χ4v) is 2.43. The van der Waals surface area contributed by atoms with Gasteiger partial charge >= 0.3 is 5.97 Å². The van der Waals surface area contributed by atoms with Crippen molar-refractivity contribution in [1.82, 2.24) is 14.7 Å². The average molecular weight is 273 g/mol. The lowest BCUT2D eigenvalue weighted by atomic mass is 9.95. The lowest BCUT2D eigenvalue weighted by Gasteiger charge is -2.20. The van der Waals surface area contributed by atoms with Crippen molar-refractivity contribution in [3.05, 3.63) is 35.8 Å². The second-order valence-electron chi connectivity index (χ2n) is 4.61. The first kappa shape index (κ1) is 12.3. The van der Waals surface area contributed by atoms with Crippen molar-refractivity contribution in [2.24, 2.45) is 0 Å². The van der Waals surface area contributed by atoms with E-state index in [-0.39, 0.29) is 23.8 Å². The number of fused-ring (bicyclic) bond motifs is 1. The number of aromatic carboxylic acids is 1. The predicted octanol–water partition coefficient (Wildman–Crippen LogP) is 0.553. The Balaban J connectivity index is 2.09. The normalized spacial score (nSPS) is 19.1. The van der Waals surface area contributed by atoms with Crippen LogP contribution in [0.2, 0.25) is 0 Å². The molecule has 0 saturated carbocycles. The van der Waals surface area contributed by atoms with Gasteiger partial charge in [0, 0.05) is 12.6 Å². The Morgan fingerprint density at radius 3 is 2.95 bits per heavy atom. The molecule has 2 aromatic heterocycles. The molecule has 1 aliphatic rings. The van der Waals surface area contributed by atoms with Crippen molar-refractivity contribution in [3.8, 4) is 0 Å². The smallest absolute Gasteiger partial charge is 0.339 e. The number of aromatic nitrogens is 2. The lowest BCUT2D eigenvalue weighted by Crippen LogP contribution is -2.39. The van der Waals surface area contributed by atoms with Gasteiger partial charge in [0.05, 0.1) is 17.8 Å². The Morgan fingerprint density at radius 2 is 2.25 bits per heavy atom. The van der Waals surface area contributed by atoms with Crippen molar-refractivity contribution in [2.75, 3.05) is 0 Å². The largest absolute Gasteiger partial charge is 0.478 e. The van der Waals surface area contributed by atoms with Crippen LogP contribution in [0.3, 0.4) is 0 Å². The third-order valence-electron chi connectivity index (χ3n) is 3.39. The molecule has 0 aromatic carbocycles. The number of nitrogens with one attached hydrogen (secondary N) is 1. The van der Waals surface area contributed by atoms with Crippen molar-refractivity contribution in [3.63, 3.8) is 0 Å². The number of amides is 2. The summed E-state index contributed by atoms with van der Waals surface area (Å²) in [4.78, 5) is 38.3. The molecule has 7 heteroatoms. The maximum absolute atomic E-state index is 11.9. The molecule has 7 nitrogen and oxygen atoms in total. The van der Waals surface area contributed by atoms with E-state index in [0.717, 1.165) is 0 Å². The number of carboxylic acids is 1. The van der Waals surface area contributed by atoms with Gasteiger partial charge in [-0.05, 0) is 18.6 Å². The molecule has 0 bridgehead atoms. The van der Waals surface area contributed by atoms with Gasteiger partial charge in [-0.25, -0.2) is 9.78 Å². The van der Waals surface area contributed by atoms with Gasteiger partial charge in [-0.3, -0.25) is 14.9 Å². The van der Waals surface area contributed by atoms with E-state index < -0.39 is 11.9 Å². The topological polar surface area (TPSA) is 101 Å². The summed E-state index contributed by atoms with van der Waals surface area (Å²) in [7, 11) is 0. The molecule has 20 heavy (non-hydrogen) atoms. The molecule has 1 aliphatic heterocycles. The standard InChI is InChI=1S/C13H11N3O4/c17-10-4-3-7(12(18)15-10)9-6-14-11-8(13(19)20)2-1-5-16(9)11/h1-2,5-7H,3-4H2,(H,19,20)(H,15,17,18). The summed E-state index contributed by atoms with van der Waals surface area (Å²) in [5.74, 6) is -2.22. The maximum Gasteiger partial charge on any atom is 0.339 e. The zero-order valence-corrected chi connectivity index (χ0v) is 10.4. The van der Waals surface area contributed by atoms with Crippen LogP contribution in [0.5, 0.6) is 0 Å². The molecule has 1 atom stereocenters. The molecule has 0 spiro atoms. The highest BCUT2D eigenvalue weighted by Gasteiger charge is 2.30. The summed E-state index contributed by atoms with van der Waals surface area (Å²) in [5, 5.41) is 11.4. The Morgan fingerprint density at radius 1 is 1.45 bits per heavy atom. The summed E-state index contributed by atoms with van der Waals surface area (Å²) in [5.41, 5.74) is 0.957. The number of hydrogen-bond donors (Lipinski definition) is 2. The van der Waals surface area contributed by atoms with Crippen LogP contribution >= 0.6 is 0 Å². The Kier molecular flexibility index (Phi) is 2.74. The van der Waals surface area contributed by atoms with Gasteiger partial charge in [0.2, 0.25) is 11.8 Å². The van der Waals surface area contributed by atoms with E-state index >= 15 is 0 Å². The fourth-order valence-electron chi connectivity index (χ4n) is 2.43. The fraction of sp³-hybridized carbons (Fsp3) is 0.231. The van der Waals surface area contributed by atoms with E-state index in [9.17, 15) is 14.4 Å². The number of imide groups is 1. The van der Waals surface area contributed by atoms with Gasteiger partial charge in [-0.2, -0.15) is 0 Å². The number of imidazole rings is 1. The highest BCUT2D eigenvalue weighted by atomic mass is 16.4. The zero-order chi connectivity index (χ0) is 14.3. The summed E-state index contributed by atoms with van der Waals surface area (Å²) >= 11 is 0. The van der Waals surface area contributed by atoms with Gasteiger partial charge in [-0.15, -0.1) is 0 Å². The number of piperidine rings is 1. The molecule has 1 unspecified atom stereocenters. The Labute approximate surface area is 113 Å². The van der Waals surface area contributed by atoms with Gasteiger partial charge in [0.25, 0.3) is 0 Å². The van der Waals surface area contributed by atoms with Crippen LogP contribution in [0.1, 0.15) is 34.8 Å². The van der Waals surface area contributed by atoms with Gasteiger partial charge in [-0.1, -0.05) is 0 Å². The van der Waals surface area contributed by atoms with Crippen LogP contribution < -0.4 is 5.32 Å². The first-order chi connectivity index (χ1) is 9.58. The molecule has 2 aromatic rings. The Bertz CT molecular complexity index is 734. The van der Waals surface area contributed by atoms with Crippen LogP contribution in [-0.2, 0) is 9.59 Å². The minimum absolute atomic E-state index is 0.0750. The van der Waals surface area contributed by atoms with Gasteiger partial charge < -0.3 is 9.51 Å². The van der Waals surface area contributed by atoms with E-state index in [1.165, 1.54) is 12.3 Å². The first-order valence-corrected chi connectivity index (χ1v) is 6.11. The molecule has 2 amide bonds. The van der Waals surface area contributed by atoms with Gasteiger partial charge in [0.1, 0.15) is 5.56 Å². The first-order valence-electron chi connectivity index (χ1n) is 6.11. The number of rotatable bonds is 2. The molecule has 1 saturated heterocycles. The van der Waals surface area contributed by atoms with E-state index in [1.807, 2.05) is 0 Å². The average Bonchev–Trinajstić information content (AvgIpc) is 2.82. The summed E-state index contributed by atoms with van der Waals surface area (Å²) in [6.45, 7) is 0. The highest BCUT2D eigenvalue weighted by Crippen LogP contribution is 2.26. The molecule has 2 N–H and O–H groups in total. The van der Waals surface area contributed by atoms with E-state index in [1.54, 1.807) is 16.7 Å². The predicted molar refractivity (Wildman–Crippen MR) is 67.3 cm³/mol. The van der Waals surface area contributed by atoms with Crippen LogP contribution in [0.4, 0.5) is 0 Å². The molecular formula is C13H11N3O4. The van der Waals surface area contributed by atoms with E-state index in [4.69, 9.17) is 5.11 Å². The summed E-state index contributed by atoms with van der Waals surface area (Å²) in [6, 6.07) is 3.05. The minimum atomic E-state index is -1.07. The highest BCUT2D eigenvalue weighted by molar-refractivity contribution is 6.01. The number of carbonyl (C=O) groups excluding carboxylic acids is 2. The third kappa shape index (κ3) is 1.83. The van der Waals surface area contributed by atoms with Crippen molar-refractivity contribution in [1.29, 1.82) is 0 Å². The maximum atomic E-state index is 11.9. The monoisotopic (exact) mass is 273 g/mol. The van der Waals surface area contributed by atoms with Crippen LogP contribution in [0.15, 0.2) is 24.5 Å². The number of pyridine rings is 1. The lowest BCUT2D eigenvalue weighted by molar-refractivity contribution is -0.134. The molecular weight excluding hydrogens is 262 g/mol. The SMILES string of the molecule is O=C1CCC(c2cnc3c(C(=O)O)cccn23)C(=O)N1. The summed E-state index contributed by atoms with van der Waals surface area (Å²) in [6.07, 6.45) is 3.81. The zero-order valence-electron chi connectivity index (χ0n) is 10.4. The number of carbonyl (C=O) groups is 3. The van der Waals surface area contributed by atoms with Crippen LogP contribution in [0.25, 0.3) is 5.65 Å². The number of nitrogens with zero attached hydrogens (tertiary/aromatic N) is 2. The molecule has 0 radical (unpaired) electrons. The molecule has 1 fully saturated rings. The van der Waals surface area contributed by atoms with E-state index in [0.29, 0.717) is 17.8 Å². The number of carboxylic acid groups (broad SMARTS) is 1. The van der Waals surface area contributed by atoms with Crippen molar-refractivity contribution >= 4 is 23.4 Å². The number of hydrogen-bond acceptors (Lipinski definition) is 4. The van der Waals surface area contributed by atoms with Crippen LogP contribution in [0, 0.1) is 0 Å². The van der Waals surface area contributed by atoms with Crippen molar-refractivity contribution in [2.45, 2.75) is 18.8 Å². The van der Waals surface area contributed by atoms with Crippen molar-refractivity contribution < 1.29 is 19.5 Å². The van der Waals surface area contributed by atoms with E-state index in [2.05, 4.69) is 10.3 Å².